The Morgan fingerprint density at radius 3 is 2.38 bits per heavy atom. The largest absolute Gasteiger partial charge is 0.285 e. The molecule has 0 aromatic heterocycles. The quantitative estimate of drug-likeness (QED) is 0.299. The minimum atomic E-state index is 0.727. The van der Waals surface area contributed by atoms with Crippen LogP contribution in [-0.4, -0.2) is 5.71 Å². The molecule has 0 saturated carbocycles. The van der Waals surface area contributed by atoms with Gasteiger partial charge in [0.15, 0.2) is 0 Å². The monoisotopic (exact) mass is 381 g/mol. The molecule has 0 heterocycles. The minimum absolute atomic E-state index is 0.727. The van der Waals surface area contributed by atoms with E-state index in [4.69, 9.17) is 4.99 Å². The van der Waals surface area contributed by atoms with Gasteiger partial charge in [0.2, 0.25) is 0 Å². The van der Waals surface area contributed by atoms with Gasteiger partial charge in [0, 0.05) is 5.71 Å². The first-order chi connectivity index (χ1) is 14.1. The summed E-state index contributed by atoms with van der Waals surface area (Å²) in [7, 11) is 0. The lowest BCUT2D eigenvalue weighted by molar-refractivity contribution is 1.01. The van der Waals surface area contributed by atoms with Crippen LogP contribution in [0.2, 0.25) is 0 Å². The molecule has 1 nitrogen and oxygen atoms in total. The Kier molecular flexibility index (Phi) is 7.19. The summed E-state index contributed by atoms with van der Waals surface area (Å²) in [6.07, 6.45) is 6.32. The van der Waals surface area contributed by atoms with E-state index in [1.807, 2.05) is 0 Å². The van der Waals surface area contributed by atoms with Gasteiger partial charge in [0.1, 0.15) is 0 Å². The first kappa shape index (κ1) is 20.8. The predicted octanol–water partition coefficient (Wildman–Crippen LogP) is 7.35. The van der Waals surface area contributed by atoms with E-state index in [1.165, 1.54) is 38.9 Å². The van der Waals surface area contributed by atoms with E-state index in [-0.39, 0.29) is 0 Å². The Bertz CT molecular complexity index is 1010. The molecular formula is C28H31N. The van der Waals surface area contributed by atoms with Gasteiger partial charge in [0.05, 0.1) is 6.54 Å². The molecule has 0 unspecified atom stereocenters. The molecule has 29 heavy (non-hydrogen) atoms. The Balaban J connectivity index is 1.94. The molecule has 0 bridgehead atoms. The first-order valence-corrected chi connectivity index (χ1v) is 10.5. The van der Waals surface area contributed by atoms with Crippen LogP contribution in [-0.2, 0) is 19.4 Å². The third kappa shape index (κ3) is 5.32. The van der Waals surface area contributed by atoms with Crippen molar-refractivity contribution in [3.05, 3.63) is 107 Å². The van der Waals surface area contributed by atoms with E-state index in [0.717, 1.165) is 25.1 Å². The van der Waals surface area contributed by atoms with Gasteiger partial charge < -0.3 is 0 Å². The molecule has 0 amide bonds. The number of rotatable bonds is 7. The molecule has 0 spiro atoms. The molecule has 0 aliphatic heterocycles. The van der Waals surface area contributed by atoms with Crippen LogP contribution in [0.4, 0.5) is 0 Å². The second-order valence-electron chi connectivity index (χ2n) is 7.51. The molecule has 3 rings (SSSR count). The Hall–Kier alpha value is -2.93. The average Bonchev–Trinajstić information content (AvgIpc) is 2.77. The van der Waals surface area contributed by atoms with E-state index >= 15 is 0 Å². The predicted molar refractivity (Wildman–Crippen MR) is 127 cm³/mol. The zero-order valence-corrected chi connectivity index (χ0v) is 18.1. The Labute approximate surface area is 175 Å². The van der Waals surface area contributed by atoms with Crippen molar-refractivity contribution in [1.82, 2.24) is 0 Å². The van der Waals surface area contributed by atoms with Crippen LogP contribution in [0.15, 0.2) is 83.9 Å². The summed E-state index contributed by atoms with van der Waals surface area (Å²) in [5.41, 5.74) is 10.2. The van der Waals surface area contributed by atoms with E-state index in [0.29, 0.717) is 0 Å². The van der Waals surface area contributed by atoms with Gasteiger partial charge >= 0.3 is 0 Å². The third-order valence-electron chi connectivity index (χ3n) is 5.53. The fourth-order valence-corrected chi connectivity index (χ4v) is 3.66. The van der Waals surface area contributed by atoms with Crippen molar-refractivity contribution < 1.29 is 0 Å². The molecular weight excluding hydrogens is 350 g/mol. The van der Waals surface area contributed by atoms with Crippen LogP contribution in [0, 0.1) is 6.92 Å². The minimum Gasteiger partial charge on any atom is -0.285 e. The number of allylic oxidation sites excluding steroid dienone is 2. The lowest BCUT2D eigenvalue weighted by Gasteiger charge is -2.11. The highest BCUT2D eigenvalue weighted by Gasteiger charge is 2.07. The second-order valence-corrected chi connectivity index (χ2v) is 7.51. The van der Waals surface area contributed by atoms with Crippen LogP contribution in [0.5, 0.6) is 0 Å². The highest BCUT2D eigenvalue weighted by Crippen LogP contribution is 2.24. The van der Waals surface area contributed by atoms with Gasteiger partial charge in [0.25, 0.3) is 0 Å². The van der Waals surface area contributed by atoms with E-state index in [1.54, 1.807) is 0 Å². The van der Waals surface area contributed by atoms with Crippen LogP contribution < -0.4 is 0 Å². The molecule has 148 valence electrons. The van der Waals surface area contributed by atoms with Crippen LogP contribution in [0.25, 0.3) is 11.1 Å². The van der Waals surface area contributed by atoms with Crippen molar-refractivity contribution in [2.45, 2.75) is 47.1 Å². The van der Waals surface area contributed by atoms with Gasteiger partial charge in [-0.15, -0.1) is 0 Å². The fraction of sp³-hybridized carbons (Fsp3) is 0.250. The van der Waals surface area contributed by atoms with Crippen LogP contribution in [0.3, 0.4) is 0 Å². The molecule has 0 radical (unpaired) electrons. The van der Waals surface area contributed by atoms with E-state index in [2.05, 4.69) is 107 Å². The van der Waals surface area contributed by atoms with E-state index < -0.39 is 0 Å². The number of benzene rings is 3. The number of nitrogens with zero attached hydrogens (tertiary/aromatic N) is 1. The van der Waals surface area contributed by atoms with Crippen molar-refractivity contribution in [3.63, 3.8) is 0 Å². The van der Waals surface area contributed by atoms with Gasteiger partial charge in [-0.1, -0.05) is 73.7 Å². The maximum absolute atomic E-state index is 4.96. The third-order valence-corrected chi connectivity index (χ3v) is 5.53. The summed E-state index contributed by atoms with van der Waals surface area (Å²) < 4.78 is 0. The molecule has 0 aliphatic carbocycles. The van der Waals surface area contributed by atoms with Gasteiger partial charge in [-0.05, 0) is 84.7 Å². The second kappa shape index (κ2) is 10.0. The van der Waals surface area contributed by atoms with Crippen molar-refractivity contribution in [3.8, 4) is 11.1 Å². The zero-order chi connectivity index (χ0) is 20.6. The van der Waals surface area contributed by atoms with Crippen LogP contribution in [0.1, 0.15) is 48.6 Å². The summed E-state index contributed by atoms with van der Waals surface area (Å²) in [4.78, 5) is 4.96. The summed E-state index contributed by atoms with van der Waals surface area (Å²) in [6.45, 7) is 9.35. The molecule has 0 N–H and O–H groups in total. The maximum Gasteiger partial charge on any atom is 0.0645 e. The number of aliphatic imine (C=N–C) groups is 1. The summed E-state index contributed by atoms with van der Waals surface area (Å²) in [5.74, 6) is 0. The van der Waals surface area contributed by atoms with Crippen molar-refractivity contribution >= 4 is 5.71 Å². The molecule has 1 heteroatoms. The van der Waals surface area contributed by atoms with Crippen molar-refractivity contribution in [2.75, 3.05) is 0 Å². The van der Waals surface area contributed by atoms with Gasteiger partial charge in [-0.3, -0.25) is 4.99 Å². The maximum atomic E-state index is 4.96. The van der Waals surface area contributed by atoms with Crippen LogP contribution >= 0.6 is 0 Å². The molecule has 0 aliphatic rings. The zero-order valence-electron chi connectivity index (χ0n) is 18.1. The standard InChI is InChI=1S/C28H31N/c1-5-7-12-23-17-27(19-28(18-23)25-13-9-8-10-14-25)22(4)29-20-26-16-11-15-24(6-2)21(26)3/h5,7-11,13-19H,6,12,20H2,1-4H3/b7-5-,29-22?. The van der Waals surface area contributed by atoms with Crippen molar-refractivity contribution in [2.24, 2.45) is 4.99 Å². The normalized spacial score (nSPS) is 11.9. The van der Waals surface area contributed by atoms with Gasteiger partial charge in [-0.2, -0.15) is 0 Å². The lowest BCUT2D eigenvalue weighted by Crippen LogP contribution is -2.00. The topological polar surface area (TPSA) is 12.4 Å². The number of hydrogen-bond acceptors (Lipinski definition) is 1. The Morgan fingerprint density at radius 2 is 1.66 bits per heavy atom. The highest BCUT2D eigenvalue weighted by atomic mass is 14.7. The molecule has 3 aromatic carbocycles. The van der Waals surface area contributed by atoms with Gasteiger partial charge in [-0.25, -0.2) is 0 Å². The molecule has 0 saturated heterocycles. The summed E-state index contributed by atoms with van der Waals surface area (Å²) in [6, 6.07) is 24.0. The summed E-state index contributed by atoms with van der Waals surface area (Å²) in [5, 5.41) is 0. The smallest absolute Gasteiger partial charge is 0.0645 e. The van der Waals surface area contributed by atoms with E-state index in [9.17, 15) is 0 Å². The number of aryl methyl sites for hydroxylation is 1. The average molecular weight is 382 g/mol. The lowest BCUT2D eigenvalue weighted by atomic mass is 9.96. The highest BCUT2D eigenvalue weighted by molar-refractivity contribution is 6.00. The number of hydrogen-bond donors (Lipinski definition) is 0. The first-order valence-electron chi connectivity index (χ1n) is 10.5. The SMILES string of the molecule is C/C=C\Cc1cc(C(C)=NCc2cccc(CC)c2C)cc(-c2ccccc2)c1. The summed E-state index contributed by atoms with van der Waals surface area (Å²) >= 11 is 0. The molecule has 0 atom stereocenters. The van der Waals surface area contributed by atoms with Crippen molar-refractivity contribution in [1.29, 1.82) is 0 Å². The molecule has 0 fully saturated rings. The fourth-order valence-electron chi connectivity index (χ4n) is 3.66. The molecule has 3 aromatic rings. The Morgan fingerprint density at radius 1 is 0.897 bits per heavy atom.